The lowest BCUT2D eigenvalue weighted by molar-refractivity contribution is -0.127. The van der Waals surface area contributed by atoms with Gasteiger partial charge in [0.1, 0.15) is 18.1 Å². The van der Waals surface area contributed by atoms with Crippen molar-refractivity contribution in [2.45, 2.75) is 26.7 Å². The molecule has 90 valence electrons. The summed E-state index contributed by atoms with van der Waals surface area (Å²) in [6.45, 7) is 3.69. The highest BCUT2D eigenvalue weighted by molar-refractivity contribution is 6.13. The van der Waals surface area contributed by atoms with Gasteiger partial charge in [0, 0.05) is 18.8 Å². The van der Waals surface area contributed by atoms with E-state index in [0.717, 1.165) is 5.82 Å². The van der Waals surface area contributed by atoms with Gasteiger partial charge in [-0.1, -0.05) is 6.92 Å². The summed E-state index contributed by atoms with van der Waals surface area (Å²) in [4.78, 5) is 32.6. The SMILES string of the molecule is CCC1=NC(=O)CC(=O)N1.Cc1ncccn1. The Kier molecular flexibility index (Phi) is 4.93. The first-order chi connectivity index (χ1) is 8.11. The summed E-state index contributed by atoms with van der Waals surface area (Å²) < 4.78 is 0. The number of nitrogens with zero attached hydrogens (tertiary/aromatic N) is 3. The number of hydrogen-bond donors (Lipinski definition) is 1. The summed E-state index contributed by atoms with van der Waals surface area (Å²) in [6.07, 6.45) is 3.94. The van der Waals surface area contributed by atoms with Crippen molar-refractivity contribution in [1.29, 1.82) is 0 Å². The van der Waals surface area contributed by atoms with Crippen molar-refractivity contribution < 1.29 is 9.59 Å². The van der Waals surface area contributed by atoms with E-state index in [4.69, 9.17) is 0 Å². The van der Waals surface area contributed by atoms with E-state index in [-0.39, 0.29) is 18.2 Å². The molecule has 1 N–H and O–H groups in total. The number of aryl methyl sites for hydroxylation is 1. The molecule has 1 aromatic rings. The van der Waals surface area contributed by atoms with E-state index < -0.39 is 0 Å². The van der Waals surface area contributed by atoms with E-state index >= 15 is 0 Å². The van der Waals surface area contributed by atoms with E-state index in [2.05, 4.69) is 20.3 Å². The fourth-order valence-corrected chi connectivity index (χ4v) is 1.10. The topological polar surface area (TPSA) is 84.3 Å². The summed E-state index contributed by atoms with van der Waals surface area (Å²) in [5.74, 6) is 0.696. The molecule has 0 atom stereocenters. The van der Waals surface area contributed by atoms with Crippen molar-refractivity contribution in [3.05, 3.63) is 24.3 Å². The second-order valence-electron chi connectivity index (χ2n) is 3.33. The van der Waals surface area contributed by atoms with Gasteiger partial charge in [-0.25, -0.2) is 9.97 Å². The van der Waals surface area contributed by atoms with Gasteiger partial charge in [-0.2, -0.15) is 4.99 Å². The quantitative estimate of drug-likeness (QED) is 0.722. The summed E-state index contributed by atoms with van der Waals surface area (Å²) >= 11 is 0. The van der Waals surface area contributed by atoms with Gasteiger partial charge in [0.2, 0.25) is 5.91 Å². The second kappa shape index (κ2) is 6.47. The maximum atomic E-state index is 10.6. The molecule has 0 spiro atoms. The molecule has 2 heterocycles. The predicted molar refractivity (Wildman–Crippen MR) is 62.3 cm³/mol. The Morgan fingerprint density at radius 1 is 1.29 bits per heavy atom. The van der Waals surface area contributed by atoms with Gasteiger partial charge in [-0.15, -0.1) is 0 Å². The van der Waals surface area contributed by atoms with Crippen LogP contribution >= 0.6 is 0 Å². The third-order valence-corrected chi connectivity index (χ3v) is 1.88. The lowest BCUT2D eigenvalue weighted by Gasteiger charge is -2.09. The number of aliphatic imine (C=N–C) groups is 1. The number of carbonyl (C=O) groups is 2. The molecular weight excluding hydrogens is 220 g/mol. The van der Waals surface area contributed by atoms with Crippen molar-refractivity contribution in [3.63, 3.8) is 0 Å². The van der Waals surface area contributed by atoms with Crippen LogP contribution in [0.25, 0.3) is 0 Å². The lowest BCUT2D eigenvalue weighted by Crippen LogP contribution is -2.36. The largest absolute Gasteiger partial charge is 0.314 e. The van der Waals surface area contributed by atoms with Crippen LogP contribution < -0.4 is 5.32 Å². The Bertz CT molecular complexity index is 428. The Morgan fingerprint density at radius 3 is 2.35 bits per heavy atom. The molecule has 1 aliphatic rings. The highest BCUT2D eigenvalue weighted by Gasteiger charge is 2.15. The number of amides is 2. The number of rotatable bonds is 1. The van der Waals surface area contributed by atoms with Crippen LogP contribution in [0.3, 0.4) is 0 Å². The van der Waals surface area contributed by atoms with Gasteiger partial charge < -0.3 is 5.32 Å². The third-order valence-electron chi connectivity index (χ3n) is 1.88. The Labute approximate surface area is 99.2 Å². The molecule has 0 fully saturated rings. The van der Waals surface area contributed by atoms with E-state index in [1.54, 1.807) is 18.5 Å². The smallest absolute Gasteiger partial charge is 0.256 e. The highest BCUT2D eigenvalue weighted by atomic mass is 16.2. The number of carbonyl (C=O) groups excluding carboxylic acids is 2. The van der Waals surface area contributed by atoms with Gasteiger partial charge in [-0.3, -0.25) is 9.59 Å². The van der Waals surface area contributed by atoms with Crippen LogP contribution in [0.2, 0.25) is 0 Å². The molecule has 0 saturated carbocycles. The average Bonchev–Trinajstić information content (AvgIpc) is 2.29. The zero-order chi connectivity index (χ0) is 12.7. The molecule has 2 rings (SSSR count). The van der Waals surface area contributed by atoms with E-state index in [1.807, 2.05) is 13.8 Å². The molecular formula is C11H14N4O2. The first-order valence-electron chi connectivity index (χ1n) is 5.25. The van der Waals surface area contributed by atoms with Crippen molar-refractivity contribution in [2.75, 3.05) is 0 Å². The van der Waals surface area contributed by atoms with Crippen LogP contribution in [0, 0.1) is 6.92 Å². The van der Waals surface area contributed by atoms with Crippen LogP contribution in [0.1, 0.15) is 25.6 Å². The van der Waals surface area contributed by atoms with Crippen LogP contribution in [-0.4, -0.2) is 27.6 Å². The minimum Gasteiger partial charge on any atom is -0.314 e. The summed E-state index contributed by atoms with van der Waals surface area (Å²) in [6, 6.07) is 1.80. The van der Waals surface area contributed by atoms with Crippen molar-refractivity contribution in [3.8, 4) is 0 Å². The lowest BCUT2D eigenvalue weighted by atomic mass is 10.3. The van der Waals surface area contributed by atoms with Gasteiger partial charge >= 0.3 is 0 Å². The van der Waals surface area contributed by atoms with Crippen LogP contribution in [0.4, 0.5) is 0 Å². The molecule has 2 amide bonds. The van der Waals surface area contributed by atoms with Gasteiger partial charge in [0.15, 0.2) is 0 Å². The monoisotopic (exact) mass is 234 g/mol. The molecule has 0 aromatic carbocycles. The van der Waals surface area contributed by atoms with Gasteiger partial charge in [0.25, 0.3) is 5.91 Å². The standard InChI is InChI=1S/C6H8N2O2.C5H6N2/c1-2-4-7-5(9)3-6(10)8-4;1-5-6-3-2-4-7-5/h2-3H2,1H3,(H,7,8,9,10);2-4H,1H3. The summed E-state index contributed by atoms with van der Waals surface area (Å²) in [5, 5.41) is 2.49. The highest BCUT2D eigenvalue weighted by Crippen LogP contribution is 1.95. The zero-order valence-electron chi connectivity index (χ0n) is 9.80. The molecule has 1 aromatic heterocycles. The molecule has 6 heteroatoms. The van der Waals surface area contributed by atoms with Crippen LogP contribution in [0.15, 0.2) is 23.5 Å². The zero-order valence-corrected chi connectivity index (χ0v) is 9.80. The molecule has 1 aliphatic heterocycles. The average molecular weight is 234 g/mol. The molecule has 0 unspecified atom stereocenters. The first kappa shape index (κ1) is 13.0. The van der Waals surface area contributed by atoms with Gasteiger partial charge in [0.05, 0.1) is 0 Å². The maximum Gasteiger partial charge on any atom is 0.256 e. The minimum absolute atomic E-state index is 0.108. The number of amidine groups is 1. The van der Waals surface area contributed by atoms with E-state index in [0.29, 0.717) is 12.3 Å². The third kappa shape index (κ3) is 4.96. The van der Waals surface area contributed by atoms with Crippen molar-refractivity contribution in [1.82, 2.24) is 15.3 Å². The normalized spacial score (nSPS) is 14.4. The summed E-state index contributed by atoms with van der Waals surface area (Å²) in [5.41, 5.74) is 0. The maximum absolute atomic E-state index is 10.6. The Hall–Kier alpha value is -2.11. The van der Waals surface area contributed by atoms with E-state index in [1.165, 1.54) is 0 Å². The fraction of sp³-hybridized carbons (Fsp3) is 0.364. The number of nitrogens with one attached hydrogen (secondary N) is 1. The first-order valence-corrected chi connectivity index (χ1v) is 5.25. The Morgan fingerprint density at radius 2 is 1.94 bits per heavy atom. The molecule has 0 aliphatic carbocycles. The van der Waals surface area contributed by atoms with Crippen molar-refractivity contribution >= 4 is 17.6 Å². The second-order valence-corrected chi connectivity index (χ2v) is 3.33. The summed E-state index contributed by atoms with van der Waals surface area (Å²) in [7, 11) is 0. The number of aromatic nitrogens is 2. The molecule has 17 heavy (non-hydrogen) atoms. The molecule has 6 nitrogen and oxygen atoms in total. The van der Waals surface area contributed by atoms with Crippen LogP contribution in [0.5, 0.6) is 0 Å². The van der Waals surface area contributed by atoms with E-state index in [9.17, 15) is 9.59 Å². The Balaban J connectivity index is 0.000000181. The minimum atomic E-state index is -0.347. The van der Waals surface area contributed by atoms with Crippen molar-refractivity contribution in [2.24, 2.45) is 4.99 Å². The fourth-order valence-electron chi connectivity index (χ4n) is 1.10. The molecule has 0 bridgehead atoms. The molecule has 0 radical (unpaired) electrons. The van der Waals surface area contributed by atoms with Gasteiger partial charge in [-0.05, 0) is 13.0 Å². The number of hydrogen-bond acceptors (Lipinski definition) is 4. The molecule has 0 saturated heterocycles. The predicted octanol–water partition coefficient (Wildman–Crippen LogP) is 0.626. The van der Waals surface area contributed by atoms with Crippen LogP contribution in [-0.2, 0) is 9.59 Å².